The highest BCUT2D eigenvalue weighted by Crippen LogP contribution is 2.54. The number of rotatable bonds is 6. The van der Waals surface area contributed by atoms with Crippen LogP contribution in [0.2, 0.25) is 0 Å². The number of fused-ring (bicyclic) bond motifs is 30. The van der Waals surface area contributed by atoms with E-state index < -0.39 is 0 Å². The average Bonchev–Trinajstić information content (AvgIpc) is 1.54. The van der Waals surface area contributed by atoms with Crippen LogP contribution in [-0.2, 0) is 0 Å². The average molecular weight is 1730 g/mol. The Morgan fingerprint density at radius 3 is 0.508 bits per heavy atom. The fraction of sp³-hybridized carbons (Fsp3) is 0.105. The van der Waals surface area contributed by atoms with Crippen molar-refractivity contribution >= 4 is 255 Å². The predicted molar refractivity (Wildman–Crippen MR) is 555 cm³/mol. The van der Waals surface area contributed by atoms with E-state index in [1.807, 2.05) is 68.0 Å². The molecule has 0 atom stereocenters. The monoisotopic (exact) mass is 1730 g/mol. The molecular weight excluding hydrogens is 1650 g/mol. The molecule has 0 radical (unpaired) electrons. The van der Waals surface area contributed by atoms with E-state index in [0.29, 0.717) is 0 Å². The van der Waals surface area contributed by atoms with Gasteiger partial charge in [-0.1, -0.05) is 179 Å². The third kappa shape index (κ3) is 11.5. The molecule has 27 rings (SSSR count). The molecule has 12 heteroatoms. The summed E-state index contributed by atoms with van der Waals surface area (Å²) < 4.78 is 31.2. The van der Waals surface area contributed by atoms with Gasteiger partial charge in [0.25, 0.3) is 0 Å². The Hall–Kier alpha value is -13.1. The van der Waals surface area contributed by atoms with Crippen LogP contribution in [0.1, 0.15) is 66.8 Å². The Morgan fingerprint density at radius 1 is 0.135 bits per heavy atom. The molecule has 0 bridgehead atoms. The van der Waals surface area contributed by atoms with Crippen LogP contribution >= 0.6 is 68.0 Å². The van der Waals surface area contributed by atoms with Crippen LogP contribution in [-0.4, -0.2) is 27.4 Å². The molecule has 606 valence electrons. The van der Waals surface area contributed by atoms with Gasteiger partial charge in [-0.25, -0.2) is 0 Å². The Labute approximate surface area is 751 Å². The van der Waals surface area contributed by atoms with Gasteiger partial charge in [-0.05, 0) is 262 Å². The molecule has 0 saturated heterocycles. The first kappa shape index (κ1) is 75.4. The fourth-order valence-electron chi connectivity index (χ4n) is 20.0. The van der Waals surface area contributed by atoms with E-state index in [1.165, 1.54) is 288 Å². The van der Waals surface area contributed by atoms with Crippen molar-refractivity contribution in [2.45, 2.75) is 83.1 Å². The molecule has 0 saturated carbocycles. The highest BCUT2D eigenvalue weighted by Gasteiger charge is 2.29. The molecular formula is C114H84N6S6. The van der Waals surface area contributed by atoms with E-state index in [-0.39, 0.29) is 0 Å². The first-order valence-electron chi connectivity index (χ1n) is 43.3. The minimum absolute atomic E-state index is 1.21. The number of aromatic nitrogens is 6. The summed E-state index contributed by atoms with van der Waals surface area (Å²) in [6.45, 7) is 26.1. The lowest BCUT2D eigenvalue weighted by Gasteiger charge is -2.10. The summed E-state index contributed by atoms with van der Waals surface area (Å²) in [7, 11) is 0. The van der Waals surface area contributed by atoms with Crippen LogP contribution < -0.4 is 0 Å². The van der Waals surface area contributed by atoms with Gasteiger partial charge >= 0.3 is 0 Å². The smallest absolute Gasteiger partial charge is 0.0728 e. The molecule has 126 heavy (non-hydrogen) atoms. The highest BCUT2D eigenvalue weighted by molar-refractivity contribution is 7.29. The molecule has 27 aromatic rings. The number of thiophene rings is 6. The summed E-state index contributed by atoms with van der Waals surface area (Å²) >= 11 is 11.5. The van der Waals surface area contributed by atoms with Crippen LogP contribution in [0.4, 0.5) is 0 Å². The highest BCUT2D eigenvalue weighted by atomic mass is 32.1. The number of hydrogen-bond acceptors (Lipinski definition) is 6. The van der Waals surface area contributed by atoms with Gasteiger partial charge in [0.2, 0.25) is 0 Å². The van der Waals surface area contributed by atoms with Gasteiger partial charge < -0.3 is 27.4 Å². The number of nitrogens with zero attached hydrogens (tertiary/aromatic N) is 6. The van der Waals surface area contributed by atoms with Crippen molar-refractivity contribution < 1.29 is 0 Å². The molecule has 12 aromatic heterocycles. The molecule has 0 aliphatic heterocycles. The van der Waals surface area contributed by atoms with Crippen molar-refractivity contribution in [3.63, 3.8) is 0 Å². The third-order valence-electron chi connectivity index (χ3n) is 26.3. The van der Waals surface area contributed by atoms with Crippen LogP contribution in [0, 0.1) is 83.1 Å². The molecule has 6 nitrogen and oxygen atoms in total. The normalized spacial score (nSPS) is 12.3. The molecule has 0 amide bonds. The first-order chi connectivity index (χ1) is 61.3. The van der Waals surface area contributed by atoms with Gasteiger partial charge in [0.05, 0.1) is 94.4 Å². The second kappa shape index (κ2) is 28.2. The van der Waals surface area contributed by atoms with Gasteiger partial charge in [-0.3, -0.25) is 0 Å². The molecule has 0 N–H and O–H groups in total. The zero-order chi connectivity index (χ0) is 84.8. The van der Waals surface area contributed by atoms with Crippen LogP contribution in [0.5, 0.6) is 0 Å². The zero-order valence-electron chi connectivity index (χ0n) is 71.8. The summed E-state index contributed by atoms with van der Waals surface area (Å²) in [6.07, 6.45) is 0. The van der Waals surface area contributed by atoms with Gasteiger partial charge in [0, 0.05) is 127 Å². The molecule has 15 aromatic carbocycles. The molecule has 0 aliphatic carbocycles. The van der Waals surface area contributed by atoms with Crippen LogP contribution in [0.25, 0.3) is 221 Å². The largest absolute Gasteiger partial charge is 0.308 e. The lowest BCUT2D eigenvalue weighted by atomic mass is 10.1. The van der Waals surface area contributed by atoms with E-state index in [1.54, 1.807) is 0 Å². The third-order valence-corrected chi connectivity index (χ3v) is 33.3. The van der Waals surface area contributed by atoms with Crippen LogP contribution in [0.15, 0.2) is 291 Å². The maximum absolute atomic E-state index is 2.50. The number of aryl methyl sites for hydroxylation is 12. The number of hydrogen-bond donors (Lipinski definition) is 0. The van der Waals surface area contributed by atoms with Crippen molar-refractivity contribution in [2.75, 3.05) is 0 Å². The van der Waals surface area contributed by atoms with Gasteiger partial charge in [0.15, 0.2) is 0 Å². The molecule has 12 heterocycles. The molecule has 0 fully saturated rings. The minimum Gasteiger partial charge on any atom is -0.308 e. The Morgan fingerprint density at radius 2 is 0.294 bits per heavy atom. The van der Waals surface area contributed by atoms with Crippen molar-refractivity contribution in [2.24, 2.45) is 0 Å². The zero-order valence-corrected chi connectivity index (χ0v) is 76.7. The summed E-state index contributed by atoms with van der Waals surface area (Å²) in [5.41, 5.74) is 38.2. The lowest BCUT2D eigenvalue weighted by molar-refractivity contribution is 1.18. The summed E-state index contributed by atoms with van der Waals surface area (Å²) in [5.74, 6) is 0. The van der Waals surface area contributed by atoms with E-state index in [2.05, 4.69) is 402 Å². The van der Waals surface area contributed by atoms with Gasteiger partial charge in [0.1, 0.15) is 0 Å². The Bertz CT molecular complexity index is 8410. The minimum atomic E-state index is 1.21. The Kier molecular flexibility index (Phi) is 16.9. The summed E-state index contributed by atoms with van der Waals surface area (Å²) in [6, 6.07) is 110. The number of benzene rings is 15. The second-order valence-electron chi connectivity index (χ2n) is 35.4. The summed E-state index contributed by atoms with van der Waals surface area (Å²) in [4.78, 5) is 0. The van der Waals surface area contributed by atoms with E-state index >= 15 is 0 Å². The molecule has 0 aliphatic rings. The topological polar surface area (TPSA) is 29.6 Å². The summed E-state index contributed by atoms with van der Waals surface area (Å²) in [5, 5.41) is 15.9. The lowest BCUT2D eigenvalue weighted by Crippen LogP contribution is -1.95. The standard InChI is InChI=1S/3C38H28N2S2/c2*1-21-5-11-25(12-6-21)39-31-19-30-32(20-29(31)37-35(39)27-15-9-23(3)17-33(27)41-37)40(26-13-7-22(2)8-14-26)36-28-16-10-24(4)18-34(28)42-38(30)36;1-21-5-11-25(12-6-21)39-31-17-23(3)9-15-27(31)37-35(39)29-19-34-30(20-33(29)41-37)36-38(42-34)28-16-10-24(4)18-32(28)40(36)26-13-7-22(2)8-14-26/h3*5-20H,1-4H3. The Balaban J connectivity index is 0.000000103. The second-order valence-corrected chi connectivity index (χ2v) is 41.7. The maximum Gasteiger partial charge on any atom is 0.0728 e. The van der Waals surface area contributed by atoms with E-state index in [9.17, 15) is 0 Å². The quantitative estimate of drug-likeness (QED) is 0.159. The SMILES string of the molecule is Cc1ccc(-n2c3cc(C)ccc3c3sc4cc5c(cc4c32)sc2c3ccc(C)cc3n(-c3ccc(C)cc3)c52)cc1.Cc1ccc(-n2c3cc4c5sc6cc(C)ccc6c5n(-c5ccc(C)cc5)c4cc3c3sc4cc(C)ccc4c32)cc1.Cc1ccc(-n2c3cc4c5sc6cc(C)ccc6c5n(-c5ccc(C)cc5)c4cc3c3sc4cc(C)ccc4c32)cc1. The fourth-order valence-corrected chi connectivity index (χ4v) is 27.7. The first-order valence-corrected chi connectivity index (χ1v) is 48.2. The molecule has 0 spiro atoms. The van der Waals surface area contributed by atoms with Gasteiger partial charge in [-0.15, -0.1) is 68.0 Å². The van der Waals surface area contributed by atoms with E-state index in [0.717, 1.165) is 0 Å². The van der Waals surface area contributed by atoms with Gasteiger partial charge in [-0.2, -0.15) is 0 Å². The molecule has 0 unspecified atom stereocenters. The van der Waals surface area contributed by atoms with Crippen LogP contribution in [0.3, 0.4) is 0 Å². The maximum atomic E-state index is 2.50. The predicted octanol–water partition coefficient (Wildman–Crippen LogP) is 34.6. The van der Waals surface area contributed by atoms with Crippen molar-refractivity contribution in [3.8, 4) is 34.1 Å². The van der Waals surface area contributed by atoms with E-state index in [4.69, 9.17) is 0 Å². The van der Waals surface area contributed by atoms with Crippen molar-refractivity contribution in [1.82, 2.24) is 27.4 Å². The van der Waals surface area contributed by atoms with Crippen molar-refractivity contribution in [1.29, 1.82) is 0 Å². The van der Waals surface area contributed by atoms with Crippen molar-refractivity contribution in [3.05, 3.63) is 358 Å².